The summed E-state index contributed by atoms with van der Waals surface area (Å²) in [6.07, 6.45) is 2.63. The molecule has 1 fully saturated rings. The molecule has 0 spiro atoms. The van der Waals surface area contributed by atoms with Gasteiger partial charge in [0.05, 0.1) is 12.1 Å². The minimum absolute atomic E-state index is 0.0535. The van der Waals surface area contributed by atoms with Gasteiger partial charge in [-0.2, -0.15) is 11.8 Å². The van der Waals surface area contributed by atoms with E-state index in [9.17, 15) is 4.79 Å². The molecule has 3 N–H and O–H groups in total. The number of nitrogen functional groups attached to an aromatic ring is 1. The van der Waals surface area contributed by atoms with Crippen LogP contribution >= 0.6 is 23.1 Å². The molecule has 1 aliphatic heterocycles. The van der Waals surface area contributed by atoms with Gasteiger partial charge in [-0.25, -0.2) is 4.98 Å². The number of aromatic nitrogens is 1. The molecule has 2 heterocycles. The fourth-order valence-electron chi connectivity index (χ4n) is 1.70. The minimum atomic E-state index is 0.0535. The van der Waals surface area contributed by atoms with E-state index in [0.29, 0.717) is 17.6 Å². The SMILES string of the molecule is Nc1nc(CC(=O)NC2CCCSC2)cs1. The lowest BCUT2D eigenvalue weighted by Crippen LogP contribution is -2.39. The van der Waals surface area contributed by atoms with E-state index in [2.05, 4.69) is 10.3 Å². The molecule has 1 aromatic rings. The number of rotatable bonds is 3. The third-order valence-corrected chi connectivity index (χ3v) is 4.37. The van der Waals surface area contributed by atoms with Gasteiger partial charge in [-0.05, 0) is 18.6 Å². The van der Waals surface area contributed by atoms with E-state index in [0.717, 1.165) is 17.9 Å². The lowest BCUT2D eigenvalue weighted by molar-refractivity contribution is -0.121. The normalized spacial score (nSPS) is 20.6. The second-order valence-electron chi connectivity index (χ2n) is 3.84. The largest absolute Gasteiger partial charge is 0.375 e. The van der Waals surface area contributed by atoms with Crippen molar-refractivity contribution in [2.45, 2.75) is 25.3 Å². The van der Waals surface area contributed by atoms with E-state index in [1.165, 1.54) is 23.5 Å². The molecule has 0 saturated carbocycles. The maximum absolute atomic E-state index is 11.7. The number of hydrogen-bond donors (Lipinski definition) is 2. The van der Waals surface area contributed by atoms with Gasteiger partial charge < -0.3 is 11.1 Å². The van der Waals surface area contributed by atoms with Crippen LogP contribution in [0.15, 0.2) is 5.38 Å². The first-order valence-corrected chi connectivity index (χ1v) is 7.34. The van der Waals surface area contributed by atoms with Crippen LogP contribution in [0.4, 0.5) is 5.13 Å². The Morgan fingerprint density at radius 2 is 2.56 bits per heavy atom. The minimum Gasteiger partial charge on any atom is -0.375 e. The highest BCUT2D eigenvalue weighted by molar-refractivity contribution is 7.99. The lowest BCUT2D eigenvalue weighted by Gasteiger charge is -2.22. The number of nitrogens with one attached hydrogen (secondary N) is 1. The highest BCUT2D eigenvalue weighted by atomic mass is 32.2. The third kappa shape index (κ3) is 3.38. The molecule has 16 heavy (non-hydrogen) atoms. The zero-order chi connectivity index (χ0) is 11.4. The molecule has 0 bridgehead atoms. The van der Waals surface area contributed by atoms with Crippen LogP contribution in [-0.4, -0.2) is 28.4 Å². The van der Waals surface area contributed by atoms with Gasteiger partial charge >= 0.3 is 0 Å². The van der Waals surface area contributed by atoms with Crippen molar-refractivity contribution in [3.63, 3.8) is 0 Å². The Kier molecular flexibility index (Phi) is 4.06. The van der Waals surface area contributed by atoms with Crippen LogP contribution in [0.5, 0.6) is 0 Å². The quantitative estimate of drug-likeness (QED) is 0.856. The number of amides is 1. The Hall–Kier alpha value is -0.750. The van der Waals surface area contributed by atoms with Gasteiger partial charge in [0.2, 0.25) is 5.91 Å². The molecule has 1 saturated heterocycles. The Bertz CT molecular complexity index is 361. The first-order chi connectivity index (χ1) is 7.74. The first kappa shape index (κ1) is 11.7. The summed E-state index contributed by atoms with van der Waals surface area (Å²) in [5.74, 6) is 2.30. The van der Waals surface area contributed by atoms with Gasteiger partial charge in [0.1, 0.15) is 0 Å². The summed E-state index contributed by atoms with van der Waals surface area (Å²) in [5, 5.41) is 5.40. The molecule has 0 radical (unpaired) electrons. The van der Waals surface area contributed by atoms with Gasteiger partial charge in [0.15, 0.2) is 5.13 Å². The smallest absolute Gasteiger partial charge is 0.226 e. The van der Waals surface area contributed by atoms with E-state index in [4.69, 9.17) is 5.73 Å². The maximum atomic E-state index is 11.7. The summed E-state index contributed by atoms with van der Waals surface area (Å²) in [5.41, 5.74) is 6.28. The van der Waals surface area contributed by atoms with E-state index in [-0.39, 0.29) is 5.91 Å². The van der Waals surface area contributed by atoms with Crippen molar-refractivity contribution in [2.75, 3.05) is 17.2 Å². The summed E-state index contributed by atoms with van der Waals surface area (Å²) < 4.78 is 0. The zero-order valence-electron chi connectivity index (χ0n) is 8.94. The standard InChI is InChI=1S/C10H15N3OS2/c11-10-13-8(6-16-10)4-9(14)12-7-2-1-3-15-5-7/h6-7H,1-5H2,(H2,11,13)(H,12,14). The van der Waals surface area contributed by atoms with Crippen LogP contribution in [0.25, 0.3) is 0 Å². The predicted molar refractivity (Wildman–Crippen MR) is 68.7 cm³/mol. The average Bonchev–Trinajstić information content (AvgIpc) is 2.65. The van der Waals surface area contributed by atoms with Crippen LogP contribution in [-0.2, 0) is 11.2 Å². The monoisotopic (exact) mass is 257 g/mol. The van der Waals surface area contributed by atoms with Gasteiger partial charge in [-0.1, -0.05) is 0 Å². The molecule has 1 aliphatic rings. The lowest BCUT2D eigenvalue weighted by atomic mass is 10.2. The molecule has 4 nitrogen and oxygen atoms in total. The van der Waals surface area contributed by atoms with Crippen LogP contribution < -0.4 is 11.1 Å². The Morgan fingerprint density at radius 3 is 3.19 bits per heavy atom. The first-order valence-electron chi connectivity index (χ1n) is 5.31. The van der Waals surface area contributed by atoms with Crippen LogP contribution in [0.2, 0.25) is 0 Å². The number of nitrogens with two attached hydrogens (primary N) is 1. The van der Waals surface area contributed by atoms with E-state index in [1.54, 1.807) is 0 Å². The Morgan fingerprint density at radius 1 is 1.69 bits per heavy atom. The van der Waals surface area contributed by atoms with Crippen molar-refractivity contribution in [2.24, 2.45) is 0 Å². The molecule has 0 aliphatic carbocycles. The fraction of sp³-hybridized carbons (Fsp3) is 0.600. The number of anilines is 1. The van der Waals surface area contributed by atoms with Crippen molar-refractivity contribution in [3.8, 4) is 0 Å². The summed E-state index contributed by atoms with van der Waals surface area (Å²) in [6.45, 7) is 0. The molecule has 6 heteroatoms. The number of nitrogens with zero attached hydrogens (tertiary/aromatic N) is 1. The van der Waals surface area contributed by atoms with E-state index < -0.39 is 0 Å². The van der Waals surface area contributed by atoms with Crippen LogP contribution in [0, 0.1) is 0 Å². The highest BCUT2D eigenvalue weighted by Crippen LogP contribution is 2.17. The molecule has 0 aromatic carbocycles. The maximum Gasteiger partial charge on any atom is 0.226 e. The molecule has 88 valence electrons. The van der Waals surface area contributed by atoms with Crippen LogP contribution in [0.1, 0.15) is 18.5 Å². The van der Waals surface area contributed by atoms with Crippen molar-refractivity contribution in [1.29, 1.82) is 0 Å². The molecule has 1 aromatic heterocycles. The molecule has 1 atom stereocenters. The van der Waals surface area contributed by atoms with Crippen molar-refractivity contribution >= 4 is 34.1 Å². The van der Waals surface area contributed by atoms with Crippen molar-refractivity contribution in [3.05, 3.63) is 11.1 Å². The van der Waals surface area contributed by atoms with Gasteiger partial charge in [0, 0.05) is 17.2 Å². The Labute approximate surface area is 103 Å². The molecular weight excluding hydrogens is 242 g/mol. The summed E-state index contributed by atoms with van der Waals surface area (Å²) in [7, 11) is 0. The van der Waals surface area contributed by atoms with Crippen molar-refractivity contribution < 1.29 is 4.79 Å². The van der Waals surface area contributed by atoms with Gasteiger partial charge in [-0.3, -0.25) is 4.79 Å². The molecular formula is C10H15N3OS2. The van der Waals surface area contributed by atoms with E-state index >= 15 is 0 Å². The van der Waals surface area contributed by atoms with Crippen molar-refractivity contribution in [1.82, 2.24) is 10.3 Å². The molecule has 1 amide bonds. The summed E-state index contributed by atoms with van der Waals surface area (Å²) in [4.78, 5) is 15.8. The number of carbonyl (C=O) groups excluding carboxylic acids is 1. The number of hydrogen-bond acceptors (Lipinski definition) is 5. The van der Waals surface area contributed by atoms with E-state index in [1.807, 2.05) is 17.1 Å². The summed E-state index contributed by atoms with van der Waals surface area (Å²) in [6, 6.07) is 0.335. The third-order valence-electron chi connectivity index (χ3n) is 2.44. The Balaban J connectivity index is 1.79. The fourth-order valence-corrected chi connectivity index (χ4v) is 3.34. The molecule has 2 rings (SSSR count). The zero-order valence-corrected chi connectivity index (χ0v) is 10.6. The predicted octanol–water partition coefficient (Wildman–Crippen LogP) is 1.28. The average molecular weight is 257 g/mol. The number of carbonyl (C=O) groups is 1. The van der Waals surface area contributed by atoms with Gasteiger partial charge in [-0.15, -0.1) is 11.3 Å². The summed E-state index contributed by atoms with van der Waals surface area (Å²) >= 11 is 3.28. The van der Waals surface area contributed by atoms with Crippen LogP contribution in [0.3, 0.4) is 0 Å². The number of thiazole rings is 1. The topological polar surface area (TPSA) is 68.0 Å². The molecule has 1 unspecified atom stereocenters. The number of thioether (sulfide) groups is 1. The second kappa shape index (κ2) is 5.54. The second-order valence-corrected chi connectivity index (χ2v) is 5.87. The van der Waals surface area contributed by atoms with Gasteiger partial charge in [0.25, 0.3) is 0 Å². The highest BCUT2D eigenvalue weighted by Gasteiger charge is 2.16.